The number of aryl methyl sites for hydroxylation is 1. The molecule has 1 amide bonds. The first-order valence-corrected chi connectivity index (χ1v) is 12.7. The molecule has 0 fully saturated rings. The van der Waals surface area contributed by atoms with Gasteiger partial charge in [-0.2, -0.15) is 0 Å². The van der Waals surface area contributed by atoms with Gasteiger partial charge >= 0.3 is 0 Å². The number of terminal acetylenes is 1. The zero-order chi connectivity index (χ0) is 29.7. The van der Waals surface area contributed by atoms with Gasteiger partial charge < -0.3 is 20.1 Å². The van der Waals surface area contributed by atoms with Crippen molar-refractivity contribution in [1.82, 2.24) is 20.2 Å². The number of nitrogens with zero attached hydrogens (tertiary/aromatic N) is 4. The van der Waals surface area contributed by atoms with Gasteiger partial charge in [-0.3, -0.25) is 19.7 Å². The fourth-order valence-corrected chi connectivity index (χ4v) is 4.43. The molecule has 0 bridgehead atoms. The molecule has 10 nitrogen and oxygen atoms in total. The topological polar surface area (TPSA) is 124 Å². The third kappa shape index (κ3) is 6.93. The summed E-state index contributed by atoms with van der Waals surface area (Å²) in [6.45, 7) is 2.86. The lowest BCUT2D eigenvalue weighted by Gasteiger charge is -2.24. The summed E-state index contributed by atoms with van der Waals surface area (Å²) in [6.07, 6.45) is 5.61. The number of hydrogen-bond donors (Lipinski definition) is 2. The zero-order valence-electron chi connectivity index (χ0n) is 22.9. The number of nitro groups is 1. The van der Waals surface area contributed by atoms with Gasteiger partial charge in [0, 0.05) is 30.9 Å². The number of carbonyl (C=O) groups is 1. The molecule has 1 heterocycles. The summed E-state index contributed by atoms with van der Waals surface area (Å²) >= 11 is 0. The summed E-state index contributed by atoms with van der Waals surface area (Å²) in [4.78, 5) is 47.0. The van der Waals surface area contributed by atoms with E-state index in [-0.39, 0.29) is 29.9 Å². The van der Waals surface area contributed by atoms with Crippen molar-refractivity contribution in [3.63, 3.8) is 0 Å². The summed E-state index contributed by atoms with van der Waals surface area (Å²) in [7, 11) is 3.78. The number of hydrogen-bond acceptors (Lipinski definition) is 7. The highest BCUT2D eigenvalue weighted by molar-refractivity contribution is 5.94. The SMILES string of the molecule is C#CCN(Cc1cc2c(=O)[nH]c(CN(C)C)nc2cc1C)c1ccc(C(=O)NCc2cccc([N+](=O)[O-])c2)c(F)c1. The number of nitro benzene ring substituents is 1. The molecular weight excluding hydrogens is 527 g/mol. The van der Waals surface area contributed by atoms with Crippen molar-refractivity contribution < 1.29 is 14.1 Å². The van der Waals surface area contributed by atoms with Crippen LogP contribution in [0.25, 0.3) is 10.9 Å². The van der Waals surface area contributed by atoms with Crippen LogP contribution >= 0.6 is 0 Å². The van der Waals surface area contributed by atoms with Gasteiger partial charge in [0.2, 0.25) is 0 Å². The van der Waals surface area contributed by atoms with E-state index in [0.29, 0.717) is 41.1 Å². The molecule has 0 spiro atoms. The Morgan fingerprint density at radius 3 is 2.63 bits per heavy atom. The summed E-state index contributed by atoms with van der Waals surface area (Å²) in [6, 6.07) is 13.7. The predicted molar refractivity (Wildman–Crippen MR) is 155 cm³/mol. The van der Waals surface area contributed by atoms with Gasteiger partial charge in [-0.05, 0) is 68.0 Å². The highest BCUT2D eigenvalue weighted by Gasteiger charge is 2.17. The average molecular weight is 557 g/mol. The number of H-pyrrole nitrogens is 1. The number of non-ortho nitro benzene ring substituents is 1. The molecule has 11 heteroatoms. The van der Waals surface area contributed by atoms with Crippen LogP contribution < -0.4 is 15.8 Å². The van der Waals surface area contributed by atoms with E-state index < -0.39 is 16.6 Å². The van der Waals surface area contributed by atoms with Crippen LogP contribution in [0.2, 0.25) is 0 Å². The average Bonchev–Trinajstić information content (AvgIpc) is 2.92. The number of aromatic amines is 1. The maximum Gasteiger partial charge on any atom is 0.269 e. The number of fused-ring (bicyclic) bond motifs is 1. The second-order valence-corrected chi connectivity index (χ2v) is 9.88. The van der Waals surface area contributed by atoms with Crippen molar-refractivity contribution >= 4 is 28.2 Å². The van der Waals surface area contributed by atoms with Crippen molar-refractivity contribution in [3.8, 4) is 12.3 Å². The zero-order valence-corrected chi connectivity index (χ0v) is 22.9. The van der Waals surface area contributed by atoms with Crippen LogP contribution in [0, 0.1) is 35.2 Å². The van der Waals surface area contributed by atoms with Crippen LogP contribution in [0.15, 0.2) is 59.4 Å². The van der Waals surface area contributed by atoms with Gasteiger partial charge in [-0.1, -0.05) is 18.1 Å². The number of anilines is 1. The van der Waals surface area contributed by atoms with Crippen LogP contribution in [0.4, 0.5) is 15.8 Å². The molecule has 4 aromatic rings. The highest BCUT2D eigenvalue weighted by atomic mass is 19.1. The third-order valence-electron chi connectivity index (χ3n) is 6.46. The number of rotatable bonds is 10. The van der Waals surface area contributed by atoms with Crippen molar-refractivity contribution in [2.45, 2.75) is 26.6 Å². The van der Waals surface area contributed by atoms with Crippen LogP contribution in [0.1, 0.15) is 32.9 Å². The van der Waals surface area contributed by atoms with Crippen LogP contribution in [-0.4, -0.2) is 46.3 Å². The largest absolute Gasteiger partial charge is 0.356 e. The fourth-order valence-electron chi connectivity index (χ4n) is 4.43. The molecule has 2 N–H and O–H groups in total. The number of halogens is 1. The maximum absolute atomic E-state index is 15.1. The van der Waals surface area contributed by atoms with Gasteiger partial charge in [-0.15, -0.1) is 6.42 Å². The Hall–Kier alpha value is -5.08. The van der Waals surface area contributed by atoms with E-state index in [4.69, 9.17) is 6.42 Å². The Kier molecular flexibility index (Phi) is 8.75. The Morgan fingerprint density at radius 2 is 1.95 bits per heavy atom. The monoisotopic (exact) mass is 556 g/mol. The number of aromatic nitrogens is 2. The number of amides is 1. The van der Waals surface area contributed by atoms with Crippen LogP contribution in [-0.2, 0) is 19.6 Å². The summed E-state index contributed by atoms with van der Waals surface area (Å²) < 4.78 is 15.1. The summed E-state index contributed by atoms with van der Waals surface area (Å²) in [5, 5.41) is 14.0. The lowest BCUT2D eigenvalue weighted by Crippen LogP contribution is -2.26. The Labute approximate surface area is 236 Å². The van der Waals surface area contributed by atoms with E-state index in [9.17, 15) is 19.7 Å². The van der Waals surface area contributed by atoms with Gasteiger partial charge in [-0.25, -0.2) is 9.37 Å². The van der Waals surface area contributed by atoms with Gasteiger partial charge in [0.15, 0.2) is 0 Å². The first-order valence-electron chi connectivity index (χ1n) is 12.7. The van der Waals surface area contributed by atoms with E-state index >= 15 is 4.39 Å². The number of nitrogens with one attached hydrogen (secondary N) is 2. The fraction of sp³-hybridized carbons (Fsp3) is 0.233. The molecule has 41 heavy (non-hydrogen) atoms. The molecule has 0 atom stereocenters. The van der Waals surface area contributed by atoms with Crippen LogP contribution in [0.5, 0.6) is 0 Å². The molecule has 0 unspecified atom stereocenters. The first-order chi connectivity index (χ1) is 19.5. The number of benzene rings is 3. The van der Waals surface area contributed by atoms with Gasteiger partial charge in [0.25, 0.3) is 17.2 Å². The first kappa shape index (κ1) is 28.9. The molecule has 3 aromatic carbocycles. The molecule has 210 valence electrons. The summed E-state index contributed by atoms with van der Waals surface area (Å²) in [5.74, 6) is 1.74. The Balaban J connectivity index is 1.54. The minimum Gasteiger partial charge on any atom is -0.356 e. The molecule has 0 radical (unpaired) electrons. The highest BCUT2D eigenvalue weighted by Crippen LogP contribution is 2.24. The van der Waals surface area contributed by atoms with E-state index in [1.807, 2.05) is 32.0 Å². The van der Waals surface area contributed by atoms with Crippen molar-refractivity contribution in [3.05, 3.63) is 109 Å². The molecule has 0 aliphatic heterocycles. The minimum atomic E-state index is -0.745. The maximum atomic E-state index is 15.1. The predicted octanol–water partition coefficient (Wildman–Crippen LogP) is 3.91. The van der Waals surface area contributed by atoms with E-state index in [1.165, 1.54) is 30.3 Å². The number of carbonyl (C=O) groups excluding carboxylic acids is 1. The lowest BCUT2D eigenvalue weighted by atomic mass is 10.0. The van der Waals surface area contributed by atoms with Gasteiger partial charge in [0.05, 0.1) is 34.5 Å². The Bertz CT molecular complexity index is 1730. The lowest BCUT2D eigenvalue weighted by molar-refractivity contribution is -0.384. The third-order valence-corrected chi connectivity index (χ3v) is 6.46. The summed E-state index contributed by atoms with van der Waals surface area (Å²) in [5.41, 5.74) is 2.75. The Morgan fingerprint density at radius 1 is 1.17 bits per heavy atom. The minimum absolute atomic E-state index is 0.00318. The molecule has 0 saturated carbocycles. The van der Waals surface area contributed by atoms with Crippen molar-refractivity contribution in [2.75, 3.05) is 25.5 Å². The second kappa shape index (κ2) is 12.4. The van der Waals surface area contributed by atoms with E-state index in [0.717, 1.165) is 11.1 Å². The normalized spacial score (nSPS) is 10.9. The molecule has 1 aromatic heterocycles. The molecule has 0 aliphatic carbocycles. The molecular formula is C30H29FN6O4. The quantitative estimate of drug-likeness (QED) is 0.172. The van der Waals surface area contributed by atoms with Gasteiger partial charge in [0.1, 0.15) is 11.6 Å². The smallest absolute Gasteiger partial charge is 0.269 e. The van der Waals surface area contributed by atoms with Crippen LogP contribution in [0.3, 0.4) is 0 Å². The molecule has 0 saturated heterocycles. The molecule has 0 aliphatic rings. The standard InChI is InChI=1S/C30H29FN6O4/c1-5-11-36(17-21-14-25-27(12-19(21)2)33-28(18-35(3)4)34-30(25)39)22-9-10-24(26(31)15-22)29(38)32-16-20-7-6-8-23(13-20)37(40)41/h1,6-10,12-15H,11,16-18H2,2-4H3,(H,32,38)(H,33,34,39). The van der Waals surface area contributed by atoms with E-state index in [1.54, 1.807) is 23.1 Å². The van der Waals surface area contributed by atoms with Crippen molar-refractivity contribution in [1.29, 1.82) is 0 Å². The van der Waals surface area contributed by atoms with Crippen molar-refractivity contribution in [2.24, 2.45) is 0 Å². The molecule has 4 rings (SSSR count). The second-order valence-electron chi connectivity index (χ2n) is 9.88. The van der Waals surface area contributed by atoms with E-state index in [2.05, 4.69) is 21.2 Å².